The second kappa shape index (κ2) is 6.41. The lowest BCUT2D eigenvalue weighted by atomic mass is 10.4. The zero-order valence-corrected chi connectivity index (χ0v) is 11.1. The number of carbonyl (C=O) groups excluding carboxylic acids is 1. The number of anilines is 2. The highest BCUT2D eigenvalue weighted by atomic mass is 16.5. The van der Waals surface area contributed by atoms with Crippen molar-refractivity contribution in [3.8, 4) is 5.95 Å². The van der Waals surface area contributed by atoms with Gasteiger partial charge in [-0.3, -0.25) is 4.79 Å². The molecule has 2 N–H and O–H groups in total. The molecule has 0 amide bonds. The Morgan fingerprint density at radius 3 is 2.80 bits per heavy atom. The van der Waals surface area contributed by atoms with E-state index in [-0.39, 0.29) is 12.4 Å². The molecule has 0 saturated heterocycles. The fourth-order valence-electron chi connectivity index (χ4n) is 1.35. The molecule has 0 bridgehead atoms. The molecule has 10 heteroatoms. The van der Waals surface area contributed by atoms with Crippen molar-refractivity contribution in [1.29, 1.82) is 0 Å². The third kappa shape index (κ3) is 3.37. The third-order valence-electron chi connectivity index (χ3n) is 2.31. The molecule has 2 aromatic heterocycles. The number of aromatic nitrogens is 6. The van der Waals surface area contributed by atoms with Crippen molar-refractivity contribution in [2.75, 3.05) is 31.3 Å². The maximum Gasteiger partial charge on any atom is 0.307 e. The number of rotatable bonds is 6. The van der Waals surface area contributed by atoms with Crippen molar-refractivity contribution in [3.05, 3.63) is 12.7 Å². The molecule has 0 radical (unpaired) electrons. The quantitative estimate of drug-likeness (QED) is 0.671. The molecule has 0 aliphatic rings. The number of hydrogen-bond acceptors (Lipinski definition) is 9. The molecule has 10 nitrogen and oxygen atoms in total. The first kappa shape index (κ1) is 13.6. The summed E-state index contributed by atoms with van der Waals surface area (Å²) in [6.07, 6.45) is 3.08. The summed E-state index contributed by atoms with van der Waals surface area (Å²) in [6, 6.07) is 0. The van der Waals surface area contributed by atoms with Gasteiger partial charge in [0.25, 0.3) is 5.95 Å². The van der Waals surface area contributed by atoms with E-state index in [1.165, 1.54) is 24.4 Å². The van der Waals surface area contributed by atoms with Crippen molar-refractivity contribution in [3.63, 3.8) is 0 Å². The monoisotopic (exact) mass is 278 g/mol. The topological polar surface area (TPSA) is 120 Å². The first-order chi connectivity index (χ1) is 9.72. The van der Waals surface area contributed by atoms with Gasteiger partial charge in [-0.15, -0.1) is 0 Å². The van der Waals surface area contributed by atoms with Crippen LogP contribution in [-0.4, -0.2) is 56.4 Å². The predicted molar refractivity (Wildman–Crippen MR) is 69.4 cm³/mol. The molecule has 0 aromatic carbocycles. The molecule has 0 unspecified atom stereocenters. The zero-order valence-electron chi connectivity index (χ0n) is 11.1. The molecule has 0 saturated carbocycles. The van der Waals surface area contributed by atoms with Crippen LogP contribution in [0.1, 0.15) is 6.42 Å². The van der Waals surface area contributed by atoms with Gasteiger partial charge in [0.05, 0.1) is 13.5 Å². The van der Waals surface area contributed by atoms with Gasteiger partial charge in [0.1, 0.15) is 12.7 Å². The molecule has 0 spiro atoms. The lowest BCUT2D eigenvalue weighted by Crippen LogP contribution is -2.14. The van der Waals surface area contributed by atoms with Crippen LogP contribution < -0.4 is 10.6 Å². The van der Waals surface area contributed by atoms with Crippen LogP contribution in [0, 0.1) is 0 Å². The number of carbonyl (C=O) groups is 1. The molecule has 0 atom stereocenters. The van der Waals surface area contributed by atoms with Crippen LogP contribution in [0.4, 0.5) is 11.9 Å². The van der Waals surface area contributed by atoms with Crippen LogP contribution >= 0.6 is 0 Å². The highest BCUT2D eigenvalue weighted by Gasteiger charge is 2.08. The highest BCUT2D eigenvalue weighted by molar-refractivity contribution is 5.69. The van der Waals surface area contributed by atoms with Crippen molar-refractivity contribution in [1.82, 2.24) is 29.7 Å². The minimum absolute atomic E-state index is 0.218. The van der Waals surface area contributed by atoms with Gasteiger partial charge in [-0.2, -0.15) is 24.7 Å². The second-order valence-corrected chi connectivity index (χ2v) is 3.63. The fraction of sp³-hybridized carbons (Fsp3) is 0.400. The van der Waals surface area contributed by atoms with E-state index in [1.54, 1.807) is 7.05 Å². The average Bonchev–Trinajstić information content (AvgIpc) is 3.01. The molecule has 0 fully saturated rings. The number of nitrogens with one attached hydrogen (secondary N) is 2. The van der Waals surface area contributed by atoms with E-state index < -0.39 is 0 Å². The summed E-state index contributed by atoms with van der Waals surface area (Å²) in [4.78, 5) is 27.3. The van der Waals surface area contributed by atoms with E-state index in [0.717, 1.165) is 0 Å². The van der Waals surface area contributed by atoms with Crippen molar-refractivity contribution < 1.29 is 9.53 Å². The Bertz CT molecular complexity index is 571. The van der Waals surface area contributed by atoms with Crippen LogP contribution in [0.2, 0.25) is 0 Å². The predicted octanol–water partition coefficient (Wildman–Crippen LogP) is -0.531. The smallest absolute Gasteiger partial charge is 0.307 e. The zero-order chi connectivity index (χ0) is 14.4. The Balaban J connectivity index is 2.12. The Morgan fingerprint density at radius 2 is 2.15 bits per heavy atom. The van der Waals surface area contributed by atoms with E-state index in [9.17, 15) is 4.79 Å². The average molecular weight is 278 g/mol. The maximum atomic E-state index is 11.0. The van der Waals surface area contributed by atoms with E-state index in [2.05, 4.69) is 40.4 Å². The summed E-state index contributed by atoms with van der Waals surface area (Å²) in [5, 5.41) is 9.69. The van der Waals surface area contributed by atoms with Crippen LogP contribution in [0.15, 0.2) is 12.7 Å². The summed E-state index contributed by atoms with van der Waals surface area (Å²) in [5.74, 6) is 0.726. The van der Waals surface area contributed by atoms with Crippen LogP contribution in [0.5, 0.6) is 0 Å². The van der Waals surface area contributed by atoms with Gasteiger partial charge < -0.3 is 15.4 Å². The molecular weight excluding hydrogens is 264 g/mol. The standard InChI is InChI=1S/C10H14N8O2/c1-11-8-15-9(13-4-3-7(19)20-2)17-10(16-8)18-6-12-5-14-18/h5-6H,3-4H2,1-2H3,(H2,11,13,15,16,17). The normalized spacial score (nSPS) is 10.1. The number of hydrogen-bond donors (Lipinski definition) is 2. The van der Waals surface area contributed by atoms with Gasteiger partial charge >= 0.3 is 5.97 Å². The lowest BCUT2D eigenvalue weighted by molar-refractivity contribution is -0.140. The van der Waals surface area contributed by atoms with Gasteiger partial charge in [-0.1, -0.05) is 0 Å². The first-order valence-electron chi connectivity index (χ1n) is 5.82. The van der Waals surface area contributed by atoms with Crippen LogP contribution in [0.25, 0.3) is 5.95 Å². The third-order valence-corrected chi connectivity index (χ3v) is 2.31. The van der Waals surface area contributed by atoms with Crippen molar-refractivity contribution in [2.45, 2.75) is 6.42 Å². The number of methoxy groups -OCH3 is 1. The van der Waals surface area contributed by atoms with E-state index in [1.807, 2.05) is 0 Å². The molecule has 106 valence electrons. The maximum absolute atomic E-state index is 11.0. The van der Waals surface area contributed by atoms with Gasteiger partial charge in [0.15, 0.2) is 0 Å². The highest BCUT2D eigenvalue weighted by Crippen LogP contribution is 2.07. The minimum Gasteiger partial charge on any atom is -0.469 e. The van der Waals surface area contributed by atoms with Gasteiger partial charge in [-0.05, 0) is 0 Å². The SMILES string of the molecule is CNc1nc(NCCC(=O)OC)nc(-n2cncn2)n1. The Morgan fingerprint density at radius 1 is 1.35 bits per heavy atom. The first-order valence-corrected chi connectivity index (χ1v) is 5.82. The summed E-state index contributed by atoms with van der Waals surface area (Å²) in [6.45, 7) is 0.358. The fourth-order valence-corrected chi connectivity index (χ4v) is 1.35. The molecule has 0 aliphatic carbocycles. The molecule has 2 aromatic rings. The summed E-state index contributed by atoms with van der Waals surface area (Å²) >= 11 is 0. The molecule has 20 heavy (non-hydrogen) atoms. The van der Waals surface area contributed by atoms with Crippen molar-refractivity contribution in [2.24, 2.45) is 0 Å². The largest absolute Gasteiger partial charge is 0.469 e. The summed E-state index contributed by atoms with van der Waals surface area (Å²) in [7, 11) is 3.03. The summed E-state index contributed by atoms with van der Waals surface area (Å²) in [5.41, 5.74) is 0. The second-order valence-electron chi connectivity index (χ2n) is 3.63. The molecule has 0 aliphatic heterocycles. The number of nitrogens with zero attached hydrogens (tertiary/aromatic N) is 6. The van der Waals surface area contributed by atoms with E-state index in [4.69, 9.17) is 0 Å². The number of ether oxygens (including phenoxy) is 1. The van der Waals surface area contributed by atoms with E-state index in [0.29, 0.717) is 24.4 Å². The Labute approximate surface area is 114 Å². The summed E-state index contributed by atoms with van der Waals surface area (Å²) < 4.78 is 5.96. The van der Waals surface area contributed by atoms with Gasteiger partial charge in [0.2, 0.25) is 11.9 Å². The lowest BCUT2D eigenvalue weighted by Gasteiger charge is -2.07. The Hall–Kier alpha value is -2.78. The van der Waals surface area contributed by atoms with Gasteiger partial charge in [0, 0.05) is 13.6 Å². The molecule has 2 rings (SSSR count). The van der Waals surface area contributed by atoms with Crippen LogP contribution in [0.3, 0.4) is 0 Å². The number of esters is 1. The van der Waals surface area contributed by atoms with Crippen molar-refractivity contribution >= 4 is 17.9 Å². The Kier molecular flexibility index (Phi) is 4.37. The van der Waals surface area contributed by atoms with E-state index >= 15 is 0 Å². The molecular formula is C10H14N8O2. The molecule has 2 heterocycles. The van der Waals surface area contributed by atoms with Crippen LogP contribution in [-0.2, 0) is 9.53 Å². The van der Waals surface area contributed by atoms with Gasteiger partial charge in [-0.25, -0.2) is 4.98 Å². The minimum atomic E-state index is -0.308.